The third kappa shape index (κ3) is 5.90. The second-order valence-electron chi connectivity index (χ2n) is 11.3. The van der Waals surface area contributed by atoms with Gasteiger partial charge in [-0.2, -0.15) is 0 Å². The number of halogens is 1. The maximum Gasteiger partial charge on any atom is 0.408 e. The monoisotopic (exact) mass is 499 g/mol. The second-order valence-corrected chi connectivity index (χ2v) is 11.3. The summed E-state index contributed by atoms with van der Waals surface area (Å²) in [4.78, 5) is 40.7. The van der Waals surface area contributed by atoms with Gasteiger partial charge in [-0.1, -0.05) is 19.3 Å². The fraction of sp³-hybridized carbons (Fsp3) is 0.607. The molecule has 1 aromatic heterocycles. The highest BCUT2D eigenvalue weighted by molar-refractivity contribution is 6.07. The van der Waals surface area contributed by atoms with Gasteiger partial charge in [0.05, 0.1) is 0 Å². The summed E-state index contributed by atoms with van der Waals surface area (Å²) in [7, 11) is 0. The van der Waals surface area contributed by atoms with E-state index >= 15 is 0 Å². The standard InChI is InChI=1S/C28H38FN3O4/c1-18(33)23-17-31(24-13-12-20(29)15-22(23)24)16-21-11-8-14-32(21)26(34)25(19-9-6-5-7-10-19)30-27(35)36-28(2,3)4/h12-13,15,17,19,21,25H,5-11,14,16H2,1-4H3,(H,30,35)/t21-,25-/m0/s1. The highest BCUT2D eigenvalue weighted by Crippen LogP contribution is 2.31. The van der Waals surface area contributed by atoms with E-state index in [2.05, 4.69) is 5.32 Å². The Hall–Kier alpha value is -2.90. The first-order valence-electron chi connectivity index (χ1n) is 13.1. The third-order valence-electron chi connectivity index (χ3n) is 7.35. The van der Waals surface area contributed by atoms with Gasteiger partial charge in [0.1, 0.15) is 17.5 Å². The number of nitrogens with one attached hydrogen (secondary N) is 1. The molecule has 196 valence electrons. The van der Waals surface area contributed by atoms with E-state index in [1.54, 1.807) is 12.3 Å². The quantitative estimate of drug-likeness (QED) is 0.536. The van der Waals surface area contributed by atoms with E-state index in [1.165, 1.54) is 19.1 Å². The van der Waals surface area contributed by atoms with E-state index in [1.807, 2.05) is 30.2 Å². The van der Waals surface area contributed by atoms with E-state index in [9.17, 15) is 18.8 Å². The van der Waals surface area contributed by atoms with Crippen molar-refractivity contribution < 1.29 is 23.5 Å². The van der Waals surface area contributed by atoms with Gasteiger partial charge in [0.2, 0.25) is 5.91 Å². The molecule has 0 unspecified atom stereocenters. The van der Waals surface area contributed by atoms with Crippen LogP contribution >= 0.6 is 0 Å². The van der Waals surface area contributed by atoms with Gasteiger partial charge in [-0.15, -0.1) is 0 Å². The van der Waals surface area contributed by atoms with Crippen molar-refractivity contribution in [3.05, 3.63) is 35.8 Å². The SMILES string of the molecule is CC(=O)c1cn(C[C@@H]2CCCN2C(=O)[C@@H](NC(=O)OC(C)(C)C)C2CCCCC2)c2ccc(F)cc12. The molecule has 2 heterocycles. The number of rotatable bonds is 6. The van der Waals surface area contributed by atoms with Crippen LogP contribution in [-0.2, 0) is 16.1 Å². The Bertz CT molecular complexity index is 1130. The number of carbonyl (C=O) groups is 3. The van der Waals surface area contributed by atoms with Crippen LogP contribution in [-0.4, -0.2) is 51.5 Å². The lowest BCUT2D eigenvalue weighted by atomic mass is 9.83. The van der Waals surface area contributed by atoms with Crippen LogP contribution in [0.5, 0.6) is 0 Å². The molecule has 4 rings (SSSR count). The number of ether oxygens (including phenoxy) is 1. The van der Waals surface area contributed by atoms with E-state index in [0.717, 1.165) is 50.5 Å². The molecule has 1 aromatic carbocycles. The molecule has 0 bridgehead atoms. The average Bonchev–Trinajstić information content (AvgIpc) is 3.41. The maximum atomic E-state index is 13.9. The maximum absolute atomic E-state index is 13.9. The highest BCUT2D eigenvalue weighted by Gasteiger charge is 2.39. The van der Waals surface area contributed by atoms with Crippen molar-refractivity contribution >= 4 is 28.7 Å². The Balaban J connectivity index is 1.57. The molecule has 7 nitrogen and oxygen atoms in total. The summed E-state index contributed by atoms with van der Waals surface area (Å²) in [5.74, 6) is -0.490. The molecule has 2 fully saturated rings. The largest absolute Gasteiger partial charge is 0.444 e. The molecular weight excluding hydrogens is 461 g/mol. The Morgan fingerprint density at radius 1 is 1.11 bits per heavy atom. The van der Waals surface area contributed by atoms with Crippen LogP contribution in [0.2, 0.25) is 0 Å². The number of alkyl carbamates (subject to hydrolysis) is 1. The number of nitrogens with zero attached hydrogens (tertiary/aromatic N) is 2. The summed E-state index contributed by atoms with van der Waals surface area (Å²) < 4.78 is 21.4. The number of hydrogen-bond donors (Lipinski definition) is 1. The van der Waals surface area contributed by atoms with E-state index in [4.69, 9.17) is 4.74 Å². The number of aromatic nitrogens is 1. The van der Waals surface area contributed by atoms with Crippen molar-refractivity contribution in [2.24, 2.45) is 5.92 Å². The number of benzene rings is 1. The molecule has 36 heavy (non-hydrogen) atoms. The number of likely N-dealkylation sites (tertiary alicyclic amines) is 1. The third-order valence-corrected chi connectivity index (χ3v) is 7.35. The zero-order chi connectivity index (χ0) is 26.0. The lowest BCUT2D eigenvalue weighted by Crippen LogP contribution is -2.55. The highest BCUT2D eigenvalue weighted by atomic mass is 19.1. The van der Waals surface area contributed by atoms with Gasteiger partial charge in [-0.05, 0) is 77.5 Å². The molecule has 2 aromatic rings. The molecule has 1 aliphatic carbocycles. The molecule has 2 amide bonds. The Kier molecular flexibility index (Phi) is 7.71. The van der Waals surface area contributed by atoms with Crippen LogP contribution < -0.4 is 5.32 Å². The molecule has 1 N–H and O–H groups in total. The van der Waals surface area contributed by atoms with Crippen LogP contribution in [0.25, 0.3) is 10.9 Å². The van der Waals surface area contributed by atoms with Crippen LogP contribution in [0.3, 0.4) is 0 Å². The summed E-state index contributed by atoms with van der Waals surface area (Å²) in [5.41, 5.74) is 0.604. The summed E-state index contributed by atoms with van der Waals surface area (Å²) in [6.45, 7) is 8.03. The average molecular weight is 500 g/mol. The van der Waals surface area contributed by atoms with Crippen molar-refractivity contribution in [1.82, 2.24) is 14.8 Å². The molecule has 1 saturated heterocycles. The lowest BCUT2D eigenvalue weighted by molar-refractivity contribution is -0.136. The van der Waals surface area contributed by atoms with Crippen molar-refractivity contribution in [2.45, 2.75) is 96.9 Å². The minimum absolute atomic E-state index is 0.0652. The zero-order valence-electron chi connectivity index (χ0n) is 21.8. The summed E-state index contributed by atoms with van der Waals surface area (Å²) in [5, 5.41) is 3.50. The van der Waals surface area contributed by atoms with Crippen LogP contribution in [0.1, 0.15) is 83.0 Å². The Morgan fingerprint density at radius 2 is 1.83 bits per heavy atom. The van der Waals surface area contributed by atoms with Crippen molar-refractivity contribution in [3.63, 3.8) is 0 Å². The van der Waals surface area contributed by atoms with Gasteiger partial charge >= 0.3 is 6.09 Å². The molecule has 8 heteroatoms. The predicted octanol–water partition coefficient (Wildman–Crippen LogP) is 5.45. The summed E-state index contributed by atoms with van der Waals surface area (Å²) >= 11 is 0. The Labute approximate surface area is 212 Å². The first-order chi connectivity index (χ1) is 17.0. The first kappa shape index (κ1) is 26.2. The topological polar surface area (TPSA) is 80.6 Å². The summed E-state index contributed by atoms with van der Waals surface area (Å²) in [6, 6.07) is 3.77. The second kappa shape index (κ2) is 10.6. The fourth-order valence-corrected chi connectivity index (χ4v) is 5.71. The predicted molar refractivity (Wildman–Crippen MR) is 136 cm³/mol. The van der Waals surface area contributed by atoms with Gasteiger partial charge in [0.15, 0.2) is 5.78 Å². The lowest BCUT2D eigenvalue weighted by Gasteiger charge is -2.35. The number of carbonyl (C=O) groups excluding carboxylic acids is 3. The van der Waals surface area contributed by atoms with Crippen molar-refractivity contribution in [1.29, 1.82) is 0 Å². The van der Waals surface area contributed by atoms with Crippen molar-refractivity contribution in [2.75, 3.05) is 6.54 Å². The number of Topliss-reactive ketones (excluding diaryl/α,β-unsaturated/α-hetero) is 1. The number of ketones is 1. The van der Waals surface area contributed by atoms with E-state index in [0.29, 0.717) is 24.0 Å². The van der Waals surface area contributed by atoms with Crippen LogP contribution in [0, 0.1) is 11.7 Å². The van der Waals surface area contributed by atoms with Crippen LogP contribution in [0.15, 0.2) is 24.4 Å². The smallest absolute Gasteiger partial charge is 0.408 e. The van der Waals surface area contributed by atoms with E-state index < -0.39 is 17.7 Å². The molecule has 1 aliphatic heterocycles. The van der Waals surface area contributed by atoms with Gasteiger partial charge in [-0.25, -0.2) is 9.18 Å². The molecule has 1 saturated carbocycles. The number of amides is 2. The Morgan fingerprint density at radius 3 is 2.50 bits per heavy atom. The van der Waals surface area contributed by atoms with Gasteiger partial charge in [0.25, 0.3) is 0 Å². The minimum atomic E-state index is -0.649. The van der Waals surface area contributed by atoms with E-state index in [-0.39, 0.29) is 29.5 Å². The fourth-order valence-electron chi connectivity index (χ4n) is 5.71. The van der Waals surface area contributed by atoms with Gasteiger partial charge in [-0.3, -0.25) is 9.59 Å². The zero-order valence-corrected chi connectivity index (χ0v) is 21.8. The van der Waals surface area contributed by atoms with Gasteiger partial charge in [0, 0.05) is 41.8 Å². The first-order valence-corrected chi connectivity index (χ1v) is 13.1. The normalized spacial score (nSPS) is 19.9. The van der Waals surface area contributed by atoms with Gasteiger partial charge < -0.3 is 19.5 Å². The molecule has 2 aliphatic rings. The number of hydrogen-bond acceptors (Lipinski definition) is 4. The van der Waals surface area contributed by atoms with Crippen LogP contribution in [0.4, 0.5) is 9.18 Å². The molecule has 0 radical (unpaired) electrons. The minimum Gasteiger partial charge on any atom is -0.444 e. The number of fused-ring (bicyclic) bond motifs is 1. The van der Waals surface area contributed by atoms with Crippen molar-refractivity contribution in [3.8, 4) is 0 Å². The molecule has 2 atom stereocenters. The molecule has 0 spiro atoms. The molecular formula is C28H38FN3O4. The summed E-state index contributed by atoms with van der Waals surface area (Å²) in [6.07, 6.45) is 7.95.